The molecule has 0 fully saturated rings. The molecule has 0 bridgehead atoms. The summed E-state index contributed by atoms with van der Waals surface area (Å²) in [6.07, 6.45) is 0. The molecule has 0 atom stereocenters. The van der Waals surface area contributed by atoms with Crippen LogP contribution < -0.4 is 9.47 Å². The van der Waals surface area contributed by atoms with Crippen molar-refractivity contribution in [1.82, 2.24) is 0 Å². The molecule has 0 unspecified atom stereocenters. The van der Waals surface area contributed by atoms with Gasteiger partial charge in [-0.25, -0.2) is 13.6 Å². The average molecular weight is 324 g/mol. The largest absolute Gasteiger partial charge is 0.478 e. The first-order valence-corrected chi connectivity index (χ1v) is 7.28. The second-order valence-electron chi connectivity index (χ2n) is 4.47. The highest BCUT2D eigenvalue weighted by Gasteiger charge is 2.21. The van der Waals surface area contributed by atoms with Crippen molar-refractivity contribution in [3.05, 3.63) is 53.1 Å². The molecule has 0 saturated carbocycles. The van der Waals surface area contributed by atoms with Gasteiger partial charge < -0.3 is 14.6 Å². The van der Waals surface area contributed by atoms with E-state index in [-0.39, 0.29) is 23.7 Å². The monoisotopic (exact) mass is 324 g/mol. The molecule has 1 N–H and O–H groups in total. The van der Waals surface area contributed by atoms with Gasteiger partial charge in [0.15, 0.2) is 23.1 Å². The van der Waals surface area contributed by atoms with Gasteiger partial charge in [-0.05, 0) is 24.3 Å². The van der Waals surface area contributed by atoms with Gasteiger partial charge in [-0.2, -0.15) is 0 Å². The van der Waals surface area contributed by atoms with Crippen LogP contribution in [-0.2, 0) is 5.75 Å². The lowest BCUT2D eigenvalue weighted by Crippen LogP contribution is -2.06. The second-order valence-corrected chi connectivity index (χ2v) is 5.49. The maximum absolute atomic E-state index is 13.9. The van der Waals surface area contributed by atoms with Gasteiger partial charge in [0.25, 0.3) is 0 Å². The smallest absolute Gasteiger partial charge is 0.336 e. The molecule has 114 valence electrons. The third kappa shape index (κ3) is 2.59. The second kappa shape index (κ2) is 5.84. The van der Waals surface area contributed by atoms with Crippen molar-refractivity contribution < 1.29 is 28.2 Å². The van der Waals surface area contributed by atoms with Crippen molar-refractivity contribution in [2.45, 2.75) is 10.6 Å². The zero-order chi connectivity index (χ0) is 15.7. The highest BCUT2D eigenvalue weighted by Crippen LogP contribution is 2.42. The fraction of sp³-hybridized carbons (Fsp3) is 0.133. The summed E-state index contributed by atoms with van der Waals surface area (Å²) in [5, 5.41) is 9.09. The van der Waals surface area contributed by atoms with Crippen LogP contribution in [0.2, 0.25) is 0 Å². The fourth-order valence-corrected chi connectivity index (χ4v) is 3.15. The molecule has 1 heterocycles. The molecule has 7 heteroatoms. The molecule has 1 aliphatic rings. The van der Waals surface area contributed by atoms with Crippen LogP contribution in [0.5, 0.6) is 11.5 Å². The maximum Gasteiger partial charge on any atom is 0.336 e. The molecule has 0 spiro atoms. The molecular weight excluding hydrogens is 314 g/mol. The normalized spacial score (nSPS) is 12.5. The van der Waals surface area contributed by atoms with E-state index in [1.54, 1.807) is 18.2 Å². The molecule has 22 heavy (non-hydrogen) atoms. The molecule has 0 radical (unpaired) electrons. The van der Waals surface area contributed by atoms with E-state index in [1.165, 1.54) is 0 Å². The number of ether oxygens (including phenoxy) is 2. The first-order chi connectivity index (χ1) is 10.6. The van der Waals surface area contributed by atoms with Gasteiger partial charge in [-0.3, -0.25) is 0 Å². The average Bonchev–Trinajstić information content (AvgIpc) is 2.97. The number of carbonyl (C=O) groups is 1. The quantitative estimate of drug-likeness (QED) is 0.870. The minimum absolute atomic E-state index is 0.0367. The van der Waals surface area contributed by atoms with Gasteiger partial charge in [-0.15, -0.1) is 11.8 Å². The van der Waals surface area contributed by atoms with E-state index in [0.717, 1.165) is 23.9 Å². The van der Waals surface area contributed by atoms with Crippen molar-refractivity contribution >= 4 is 17.7 Å². The molecular formula is C15H10F2O4S. The Kier molecular flexibility index (Phi) is 3.89. The molecule has 1 aliphatic heterocycles. The maximum atomic E-state index is 13.9. The predicted molar refractivity (Wildman–Crippen MR) is 75.4 cm³/mol. The number of thioether (sulfide) groups is 1. The van der Waals surface area contributed by atoms with Crippen molar-refractivity contribution in [2.75, 3.05) is 6.79 Å². The number of carboxylic acid groups (broad SMARTS) is 1. The lowest BCUT2D eigenvalue weighted by molar-refractivity contribution is 0.0695. The minimum Gasteiger partial charge on any atom is -0.478 e. The number of hydrogen-bond acceptors (Lipinski definition) is 4. The lowest BCUT2D eigenvalue weighted by Gasteiger charge is -2.09. The molecule has 0 amide bonds. The Balaban J connectivity index is 1.90. The number of carboxylic acids is 1. The van der Waals surface area contributed by atoms with Gasteiger partial charge in [0.1, 0.15) is 0 Å². The summed E-state index contributed by atoms with van der Waals surface area (Å²) in [4.78, 5) is 11.8. The molecule has 0 aromatic heterocycles. The lowest BCUT2D eigenvalue weighted by atomic mass is 10.1. The van der Waals surface area contributed by atoms with E-state index in [4.69, 9.17) is 14.6 Å². The van der Waals surface area contributed by atoms with E-state index in [2.05, 4.69) is 0 Å². The number of aromatic carboxylic acids is 1. The zero-order valence-corrected chi connectivity index (χ0v) is 12.0. The summed E-state index contributed by atoms with van der Waals surface area (Å²) in [7, 11) is 0. The van der Waals surface area contributed by atoms with Gasteiger partial charge in [-0.1, -0.05) is 6.07 Å². The predicted octanol–water partition coefficient (Wildman–Crippen LogP) is 3.68. The number of benzene rings is 2. The highest BCUT2D eigenvalue weighted by atomic mass is 32.2. The summed E-state index contributed by atoms with van der Waals surface area (Å²) in [5.41, 5.74) is -0.440. The Hall–Kier alpha value is -2.28. The molecule has 0 saturated heterocycles. The number of halogens is 2. The first kappa shape index (κ1) is 14.6. The van der Waals surface area contributed by atoms with Crippen LogP contribution in [0.1, 0.15) is 15.9 Å². The standard InChI is InChI=1S/C15H10F2O4S/c16-10-5-4-8(15(18)19)9(13(10)17)6-22-12-3-1-2-11-14(12)21-7-20-11/h1-5H,6-7H2,(H,18,19). The van der Waals surface area contributed by atoms with E-state index in [1.807, 2.05) is 0 Å². The van der Waals surface area contributed by atoms with Crippen LogP contribution >= 0.6 is 11.8 Å². The van der Waals surface area contributed by atoms with Crippen LogP contribution in [0.4, 0.5) is 8.78 Å². The third-order valence-corrected chi connectivity index (χ3v) is 4.22. The molecule has 2 aromatic rings. The van der Waals surface area contributed by atoms with Gasteiger partial charge in [0.2, 0.25) is 6.79 Å². The van der Waals surface area contributed by atoms with Crippen molar-refractivity contribution in [2.24, 2.45) is 0 Å². The zero-order valence-electron chi connectivity index (χ0n) is 11.1. The van der Waals surface area contributed by atoms with Crippen LogP contribution in [0, 0.1) is 11.6 Å². The summed E-state index contributed by atoms with van der Waals surface area (Å²) in [6, 6.07) is 7.10. The van der Waals surface area contributed by atoms with Crippen LogP contribution in [-0.4, -0.2) is 17.9 Å². The van der Waals surface area contributed by atoms with Crippen molar-refractivity contribution in [3.8, 4) is 11.5 Å². The highest BCUT2D eigenvalue weighted by molar-refractivity contribution is 7.98. The Morgan fingerprint density at radius 3 is 2.82 bits per heavy atom. The van der Waals surface area contributed by atoms with Crippen LogP contribution in [0.3, 0.4) is 0 Å². The summed E-state index contributed by atoms with van der Waals surface area (Å²) in [5.74, 6) is -2.45. The Labute approximate surface area is 128 Å². The third-order valence-electron chi connectivity index (χ3n) is 3.16. The van der Waals surface area contributed by atoms with E-state index >= 15 is 0 Å². The van der Waals surface area contributed by atoms with E-state index < -0.39 is 17.6 Å². The Morgan fingerprint density at radius 2 is 2.05 bits per heavy atom. The number of rotatable bonds is 4. The minimum atomic E-state index is -1.30. The van der Waals surface area contributed by atoms with Gasteiger partial charge in [0.05, 0.1) is 10.5 Å². The molecule has 2 aromatic carbocycles. The van der Waals surface area contributed by atoms with Crippen LogP contribution in [0.15, 0.2) is 35.2 Å². The number of para-hydroxylation sites is 1. The number of hydrogen-bond donors (Lipinski definition) is 1. The topological polar surface area (TPSA) is 55.8 Å². The molecule has 3 rings (SSSR count). The summed E-state index contributed by atoms with van der Waals surface area (Å²) >= 11 is 1.16. The summed E-state index contributed by atoms with van der Waals surface area (Å²) in [6.45, 7) is 0.0988. The number of fused-ring (bicyclic) bond motifs is 1. The van der Waals surface area contributed by atoms with E-state index in [9.17, 15) is 13.6 Å². The van der Waals surface area contributed by atoms with Crippen molar-refractivity contribution in [3.63, 3.8) is 0 Å². The van der Waals surface area contributed by atoms with Gasteiger partial charge in [0, 0.05) is 11.3 Å². The Morgan fingerprint density at radius 1 is 1.23 bits per heavy atom. The fourth-order valence-electron chi connectivity index (χ4n) is 2.10. The molecule has 4 nitrogen and oxygen atoms in total. The van der Waals surface area contributed by atoms with Crippen LogP contribution in [0.25, 0.3) is 0 Å². The molecule has 0 aliphatic carbocycles. The first-order valence-electron chi connectivity index (χ1n) is 6.29. The summed E-state index contributed by atoms with van der Waals surface area (Å²) < 4.78 is 37.8. The van der Waals surface area contributed by atoms with E-state index in [0.29, 0.717) is 16.4 Å². The SMILES string of the molecule is O=C(O)c1ccc(F)c(F)c1CSc1cccc2c1OCO2. The Bertz CT molecular complexity index is 749. The van der Waals surface area contributed by atoms with Gasteiger partial charge >= 0.3 is 5.97 Å². The van der Waals surface area contributed by atoms with Crippen molar-refractivity contribution in [1.29, 1.82) is 0 Å².